The molecule has 2 fully saturated rings. The van der Waals surface area contributed by atoms with Crippen LogP contribution in [0.3, 0.4) is 0 Å². The highest BCUT2D eigenvalue weighted by Gasteiger charge is 2.55. The van der Waals surface area contributed by atoms with E-state index in [1.807, 2.05) is 0 Å². The zero-order valence-electron chi connectivity index (χ0n) is 14.5. The Labute approximate surface area is 145 Å². The van der Waals surface area contributed by atoms with E-state index >= 15 is 0 Å². The summed E-state index contributed by atoms with van der Waals surface area (Å²) in [6, 6.07) is 2.81. The number of methoxy groups -OCH3 is 1. The fraction of sp³-hybridized carbons (Fsp3) is 0.500. The van der Waals surface area contributed by atoms with Gasteiger partial charge in [-0.25, -0.2) is 14.6 Å². The Balaban J connectivity index is 1.63. The van der Waals surface area contributed by atoms with E-state index in [4.69, 9.17) is 4.74 Å². The number of amides is 5. The number of carbonyl (C=O) groups is 3. The first-order chi connectivity index (χ1) is 11.9. The van der Waals surface area contributed by atoms with Crippen LogP contribution in [0.15, 0.2) is 18.3 Å². The molecule has 0 aromatic carbocycles. The van der Waals surface area contributed by atoms with Gasteiger partial charge in [0.05, 0.1) is 19.0 Å². The molecule has 9 heteroatoms. The van der Waals surface area contributed by atoms with Gasteiger partial charge in [-0.1, -0.05) is 0 Å². The van der Waals surface area contributed by atoms with Gasteiger partial charge in [0.2, 0.25) is 5.88 Å². The number of hydrogen-bond acceptors (Lipinski definition) is 5. The van der Waals surface area contributed by atoms with Gasteiger partial charge in [0.15, 0.2) is 0 Å². The van der Waals surface area contributed by atoms with Crippen LogP contribution in [0.5, 0.6) is 5.88 Å². The van der Waals surface area contributed by atoms with Crippen molar-refractivity contribution in [2.75, 3.05) is 39.6 Å². The molecule has 3 heterocycles. The molecule has 1 N–H and O–H groups in total. The Hall–Kier alpha value is -2.84. The second kappa shape index (κ2) is 6.23. The van der Waals surface area contributed by atoms with Gasteiger partial charge in [0, 0.05) is 33.3 Å². The highest BCUT2D eigenvalue weighted by atomic mass is 16.5. The number of imide groups is 1. The number of piperidine rings is 1. The van der Waals surface area contributed by atoms with E-state index in [1.165, 1.54) is 25.3 Å². The lowest BCUT2D eigenvalue weighted by atomic mass is 9.86. The summed E-state index contributed by atoms with van der Waals surface area (Å²) < 4.78 is 4.98. The van der Waals surface area contributed by atoms with Crippen LogP contribution in [0.1, 0.15) is 12.8 Å². The largest absolute Gasteiger partial charge is 0.481 e. The Kier molecular flexibility index (Phi) is 4.23. The predicted molar refractivity (Wildman–Crippen MR) is 89.3 cm³/mol. The number of urea groups is 2. The molecule has 0 unspecified atom stereocenters. The lowest BCUT2D eigenvalue weighted by Crippen LogP contribution is -2.56. The molecule has 0 saturated carbocycles. The first kappa shape index (κ1) is 17.0. The molecule has 1 aromatic heterocycles. The molecule has 2 aliphatic heterocycles. The Bertz CT molecular complexity index is 697. The van der Waals surface area contributed by atoms with Crippen molar-refractivity contribution in [1.82, 2.24) is 19.7 Å². The number of nitrogens with zero attached hydrogens (tertiary/aromatic N) is 4. The molecule has 0 atom stereocenters. The zero-order chi connectivity index (χ0) is 18.2. The van der Waals surface area contributed by atoms with Crippen molar-refractivity contribution < 1.29 is 19.1 Å². The van der Waals surface area contributed by atoms with Gasteiger partial charge in [-0.2, -0.15) is 0 Å². The molecular formula is C16H21N5O4. The van der Waals surface area contributed by atoms with E-state index < -0.39 is 5.54 Å². The van der Waals surface area contributed by atoms with Crippen LogP contribution >= 0.6 is 0 Å². The molecule has 3 rings (SSSR count). The average Bonchev–Trinajstić information content (AvgIpc) is 2.79. The summed E-state index contributed by atoms with van der Waals surface area (Å²) in [6.45, 7) is 0.791. The Morgan fingerprint density at radius 1 is 1.24 bits per heavy atom. The Morgan fingerprint density at radius 2 is 1.92 bits per heavy atom. The lowest BCUT2D eigenvalue weighted by Gasteiger charge is -2.40. The summed E-state index contributed by atoms with van der Waals surface area (Å²) in [5.41, 5.74) is -0.264. The van der Waals surface area contributed by atoms with Crippen LogP contribution < -0.4 is 10.1 Å². The lowest BCUT2D eigenvalue weighted by molar-refractivity contribution is -0.134. The number of ether oxygens (including phenoxy) is 1. The van der Waals surface area contributed by atoms with E-state index in [2.05, 4.69) is 10.3 Å². The second-order valence-corrected chi connectivity index (χ2v) is 6.24. The van der Waals surface area contributed by atoms with Gasteiger partial charge in [0.25, 0.3) is 5.91 Å². The first-order valence-corrected chi connectivity index (χ1v) is 8.01. The molecule has 2 aliphatic rings. The zero-order valence-corrected chi connectivity index (χ0v) is 14.5. The molecule has 9 nitrogen and oxygen atoms in total. The van der Waals surface area contributed by atoms with Crippen LogP contribution in [0, 0.1) is 0 Å². The van der Waals surface area contributed by atoms with Crippen molar-refractivity contribution in [3.63, 3.8) is 0 Å². The summed E-state index contributed by atoms with van der Waals surface area (Å²) in [4.78, 5) is 45.2. The summed E-state index contributed by atoms with van der Waals surface area (Å²) in [7, 11) is 4.65. The molecule has 134 valence electrons. The smallest absolute Gasteiger partial charge is 0.327 e. The fourth-order valence-electron chi connectivity index (χ4n) is 3.36. The quantitative estimate of drug-likeness (QED) is 0.805. The van der Waals surface area contributed by atoms with Crippen LogP contribution in [-0.4, -0.2) is 77.5 Å². The topological polar surface area (TPSA) is 95.1 Å². The number of rotatable bonds is 2. The highest BCUT2D eigenvalue weighted by Crippen LogP contribution is 2.35. The van der Waals surface area contributed by atoms with Crippen LogP contribution in [-0.2, 0) is 4.79 Å². The van der Waals surface area contributed by atoms with E-state index in [9.17, 15) is 14.4 Å². The third-order valence-electron chi connectivity index (χ3n) is 4.99. The van der Waals surface area contributed by atoms with Crippen molar-refractivity contribution in [3.8, 4) is 5.88 Å². The molecule has 1 aromatic rings. The molecule has 0 radical (unpaired) electrons. The number of anilines is 1. The minimum absolute atomic E-state index is 0.195. The highest BCUT2D eigenvalue weighted by molar-refractivity contribution is 6.06. The molecule has 25 heavy (non-hydrogen) atoms. The summed E-state index contributed by atoms with van der Waals surface area (Å²) in [5.74, 6) is 0.272. The molecular weight excluding hydrogens is 326 g/mol. The van der Waals surface area contributed by atoms with E-state index in [-0.39, 0.29) is 18.0 Å². The summed E-state index contributed by atoms with van der Waals surface area (Å²) in [6.07, 6.45) is 2.36. The van der Waals surface area contributed by atoms with Gasteiger partial charge in [0.1, 0.15) is 5.54 Å². The van der Waals surface area contributed by atoms with Crippen LogP contribution in [0.25, 0.3) is 0 Å². The monoisotopic (exact) mass is 347 g/mol. The number of likely N-dealkylation sites (N-methyl/N-ethyl adjacent to an activating group) is 2. The number of carbonyl (C=O) groups excluding carboxylic acids is 3. The van der Waals surface area contributed by atoms with Gasteiger partial charge in [-0.05, 0) is 18.9 Å². The van der Waals surface area contributed by atoms with Crippen molar-refractivity contribution in [2.24, 2.45) is 0 Å². The van der Waals surface area contributed by atoms with Crippen LogP contribution in [0.4, 0.5) is 15.3 Å². The van der Waals surface area contributed by atoms with Crippen LogP contribution in [0.2, 0.25) is 0 Å². The van der Waals surface area contributed by atoms with E-state index in [0.29, 0.717) is 37.5 Å². The minimum atomic E-state index is -0.829. The third-order valence-corrected chi connectivity index (χ3v) is 4.99. The number of likely N-dealkylation sites (tertiary alicyclic amines) is 1. The summed E-state index contributed by atoms with van der Waals surface area (Å²) >= 11 is 0. The number of nitrogens with one attached hydrogen (secondary N) is 1. The molecule has 0 aliphatic carbocycles. The predicted octanol–water partition coefficient (Wildman–Crippen LogP) is 0.980. The molecule has 0 bridgehead atoms. The molecule has 2 saturated heterocycles. The maximum atomic E-state index is 12.5. The number of aromatic nitrogens is 1. The third kappa shape index (κ3) is 2.75. The van der Waals surface area contributed by atoms with Crippen molar-refractivity contribution in [2.45, 2.75) is 18.4 Å². The maximum Gasteiger partial charge on any atom is 0.327 e. The van der Waals surface area contributed by atoms with Gasteiger partial charge in [-0.3, -0.25) is 9.69 Å². The van der Waals surface area contributed by atoms with E-state index in [1.54, 1.807) is 24.1 Å². The van der Waals surface area contributed by atoms with Gasteiger partial charge >= 0.3 is 12.1 Å². The standard InChI is InChI=1S/C16H21N5O4/c1-19-13(22)16(20(2)15(19)24)6-8-21(9-7-16)14(23)18-11-4-5-12(25-3)17-10-11/h4-5,10H,6-9H2,1-3H3,(H,18,23). The first-order valence-electron chi connectivity index (χ1n) is 8.01. The van der Waals surface area contributed by atoms with Crippen molar-refractivity contribution in [1.29, 1.82) is 0 Å². The maximum absolute atomic E-state index is 12.5. The van der Waals surface area contributed by atoms with Gasteiger partial charge < -0.3 is 19.9 Å². The molecule has 1 spiro atoms. The van der Waals surface area contributed by atoms with Crippen molar-refractivity contribution in [3.05, 3.63) is 18.3 Å². The normalized spacial score (nSPS) is 19.6. The fourth-order valence-corrected chi connectivity index (χ4v) is 3.36. The second-order valence-electron chi connectivity index (χ2n) is 6.24. The number of hydrogen-bond donors (Lipinski definition) is 1. The number of pyridine rings is 1. The van der Waals surface area contributed by atoms with E-state index in [0.717, 1.165) is 4.90 Å². The molecule has 5 amide bonds. The Morgan fingerprint density at radius 3 is 2.40 bits per heavy atom. The SMILES string of the molecule is COc1ccc(NC(=O)N2CCC3(CC2)C(=O)N(C)C(=O)N3C)cn1. The average molecular weight is 347 g/mol. The van der Waals surface area contributed by atoms with Crippen molar-refractivity contribution >= 4 is 23.7 Å². The minimum Gasteiger partial charge on any atom is -0.481 e. The van der Waals surface area contributed by atoms with Gasteiger partial charge in [-0.15, -0.1) is 0 Å². The summed E-state index contributed by atoms with van der Waals surface area (Å²) in [5, 5.41) is 2.77.